The number of benzene rings is 1. The van der Waals surface area contributed by atoms with Gasteiger partial charge in [0.15, 0.2) is 0 Å². The van der Waals surface area contributed by atoms with Crippen LogP contribution in [0.4, 0.5) is 4.39 Å². The summed E-state index contributed by atoms with van der Waals surface area (Å²) in [5.41, 5.74) is 1.17. The van der Waals surface area contributed by atoms with Crippen LogP contribution in [0.3, 0.4) is 0 Å². The minimum absolute atomic E-state index is 0.289. The molecule has 2 rings (SSSR count). The Balaban J connectivity index is 2.18. The largest absolute Gasteiger partial charge is 0.386 e. The molecule has 1 aromatic carbocycles. The summed E-state index contributed by atoms with van der Waals surface area (Å²) in [6.07, 6.45) is 1.14. The third-order valence-electron chi connectivity index (χ3n) is 2.41. The van der Waals surface area contributed by atoms with E-state index >= 15 is 0 Å². The minimum Gasteiger partial charge on any atom is -0.386 e. The second kappa shape index (κ2) is 4.93. The van der Waals surface area contributed by atoms with Crippen LogP contribution in [0.25, 0.3) is 0 Å². The standard InChI is InChI=1S/C11H11BrFN3O/c1-16-6-9(14-15-16)10(17)5-7-3-2-4-8(13)11(7)12/h2-4,6,10,17H,5H2,1H3. The molecule has 6 heteroatoms. The highest BCUT2D eigenvalue weighted by Crippen LogP contribution is 2.25. The molecule has 0 fully saturated rings. The van der Waals surface area contributed by atoms with Crippen molar-refractivity contribution in [2.75, 3.05) is 0 Å². The maximum atomic E-state index is 13.3. The van der Waals surface area contributed by atoms with E-state index < -0.39 is 6.10 Å². The molecular formula is C11H11BrFN3O. The normalized spacial score (nSPS) is 12.7. The predicted molar refractivity (Wildman–Crippen MR) is 63.8 cm³/mol. The third kappa shape index (κ3) is 2.70. The lowest BCUT2D eigenvalue weighted by atomic mass is 10.1. The Morgan fingerprint density at radius 1 is 1.53 bits per heavy atom. The van der Waals surface area contributed by atoms with Gasteiger partial charge in [-0.3, -0.25) is 4.68 Å². The first-order chi connectivity index (χ1) is 8.08. The van der Waals surface area contributed by atoms with Crippen LogP contribution < -0.4 is 0 Å². The van der Waals surface area contributed by atoms with Crippen molar-refractivity contribution in [1.82, 2.24) is 15.0 Å². The number of hydrogen-bond donors (Lipinski definition) is 1. The van der Waals surface area contributed by atoms with E-state index in [0.29, 0.717) is 15.7 Å². The smallest absolute Gasteiger partial charge is 0.137 e. The van der Waals surface area contributed by atoms with Crippen molar-refractivity contribution in [2.24, 2.45) is 7.05 Å². The van der Waals surface area contributed by atoms with Crippen LogP contribution >= 0.6 is 15.9 Å². The molecule has 0 bridgehead atoms. The van der Waals surface area contributed by atoms with Crippen LogP contribution in [0.5, 0.6) is 0 Å². The molecule has 0 aliphatic heterocycles. The quantitative estimate of drug-likeness (QED) is 0.943. The highest BCUT2D eigenvalue weighted by atomic mass is 79.9. The van der Waals surface area contributed by atoms with Gasteiger partial charge in [0, 0.05) is 13.5 Å². The number of nitrogens with zero attached hydrogens (tertiary/aromatic N) is 3. The summed E-state index contributed by atoms with van der Waals surface area (Å²) in [7, 11) is 1.72. The molecule has 0 spiro atoms. The van der Waals surface area contributed by atoms with E-state index in [4.69, 9.17) is 0 Å². The van der Waals surface area contributed by atoms with Crippen LogP contribution in [-0.2, 0) is 13.5 Å². The zero-order chi connectivity index (χ0) is 12.4. The predicted octanol–water partition coefficient (Wildman–Crippen LogP) is 1.99. The molecule has 0 radical (unpaired) electrons. The van der Waals surface area contributed by atoms with E-state index in [-0.39, 0.29) is 12.2 Å². The van der Waals surface area contributed by atoms with Crippen LogP contribution in [0.15, 0.2) is 28.9 Å². The van der Waals surface area contributed by atoms with Crippen LogP contribution in [0, 0.1) is 5.82 Å². The van der Waals surface area contributed by atoms with E-state index in [0.717, 1.165) is 0 Å². The molecule has 0 amide bonds. The first-order valence-corrected chi connectivity index (χ1v) is 5.84. The Labute approximate surface area is 106 Å². The number of aromatic nitrogens is 3. The number of aliphatic hydroxyl groups is 1. The lowest BCUT2D eigenvalue weighted by Crippen LogP contribution is -2.03. The average molecular weight is 300 g/mol. The Hall–Kier alpha value is -1.27. The number of halogens is 2. The van der Waals surface area contributed by atoms with Gasteiger partial charge in [-0.25, -0.2) is 4.39 Å². The van der Waals surface area contributed by atoms with Gasteiger partial charge in [0.25, 0.3) is 0 Å². The average Bonchev–Trinajstić information content (AvgIpc) is 2.72. The molecule has 1 N–H and O–H groups in total. The van der Waals surface area contributed by atoms with Crippen LogP contribution in [-0.4, -0.2) is 20.1 Å². The summed E-state index contributed by atoms with van der Waals surface area (Å²) in [5, 5.41) is 17.5. The van der Waals surface area contributed by atoms with Gasteiger partial charge < -0.3 is 5.11 Å². The van der Waals surface area contributed by atoms with Crippen molar-refractivity contribution in [1.29, 1.82) is 0 Å². The monoisotopic (exact) mass is 299 g/mol. The van der Waals surface area contributed by atoms with Gasteiger partial charge in [0.1, 0.15) is 17.6 Å². The topological polar surface area (TPSA) is 50.9 Å². The van der Waals surface area contributed by atoms with Gasteiger partial charge in [0.05, 0.1) is 10.7 Å². The van der Waals surface area contributed by atoms with Gasteiger partial charge in [-0.2, -0.15) is 0 Å². The summed E-state index contributed by atoms with van der Waals surface area (Å²) in [5.74, 6) is -0.339. The number of aliphatic hydroxyl groups excluding tert-OH is 1. The highest BCUT2D eigenvalue weighted by molar-refractivity contribution is 9.10. The van der Waals surface area contributed by atoms with Gasteiger partial charge >= 0.3 is 0 Å². The molecule has 0 aliphatic carbocycles. The second-order valence-electron chi connectivity index (χ2n) is 3.75. The number of aryl methyl sites for hydroxylation is 1. The van der Waals surface area contributed by atoms with Crippen molar-refractivity contribution < 1.29 is 9.50 Å². The molecule has 0 saturated heterocycles. The van der Waals surface area contributed by atoms with Crippen LogP contribution in [0.2, 0.25) is 0 Å². The number of hydrogen-bond acceptors (Lipinski definition) is 3. The molecule has 0 aliphatic rings. The Bertz CT molecular complexity index is 529. The molecule has 4 nitrogen and oxygen atoms in total. The molecule has 0 saturated carbocycles. The van der Waals surface area contributed by atoms with E-state index in [1.807, 2.05) is 0 Å². The summed E-state index contributed by atoms with van der Waals surface area (Å²) in [6, 6.07) is 4.73. The van der Waals surface area contributed by atoms with E-state index in [9.17, 15) is 9.50 Å². The van der Waals surface area contributed by atoms with Crippen LogP contribution in [0.1, 0.15) is 17.4 Å². The zero-order valence-corrected chi connectivity index (χ0v) is 10.7. The summed E-state index contributed by atoms with van der Waals surface area (Å²) in [4.78, 5) is 0. The van der Waals surface area contributed by atoms with Gasteiger partial charge in [0.2, 0.25) is 0 Å². The summed E-state index contributed by atoms with van der Waals surface area (Å²) < 4.78 is 15.2. The maximum Gasteiger partial charge on any atom is 0.137 e. The highest BCUT2D eigenvalue weighted by Gasteiger charge is 2.15. The van der Waals surface area contributed by atoms with Crippen molar-refractivity contribution in [3.05, 3.63) is 45.9 Å². The van der Waals surface area contributed by atoms with Crippen molar-refractivity contribution in [3.63, 3.8) is 0 Å². The summed E-state index contributed by atoms with van der Waals surface area (Å²) in [6.45, 7) is 0. The second-order valence-corrected chi connectivity index (χ2v) is 4.54. The molecule has 90 valence electrons. The molecular weight excluding hydrogens is 289 g/mol. The first kappa shape index (κ1) is 12.2. The fraction of sp³-hybridized carbons (Fsp3) is 0.273. The summed E-state index contributed by atoms with van der Waals surface area (Å²) >= 11 is 3.16. The maximum absolute atomic E-state index is 13.3. The van der Waals surface area contributed by atoms with Crippen molar-refractivity contribution >= 4 is 15.9 Å². The lowest BCUT2D eigenvalue weighted by Gasteiger charge is -2.09. The zero-order valence-electron chi connectivity index (χ0n) is 9.14. The fourth-order valence-corrected chi connectivity index (χ4v) is 1.96. The van der Waals surface area contributed by atoms with E-state index in [1.165, 1.54) is 10.7 Å². The third-order valence-corrected chi connectivity index (χ3v) is 3.29. The lowest BCUT2D eigenvalue weighted by molar-refractivity contribution is 0.173. The molecule has 1 heterocycles. The van der Waals surface area contributed by atoms with Crippen molar-refractivity contribution in [3.8, 4) is 0 Å². The van der Waals surface area contributed by atoms with E-state index in [1.54, 1.807) is 25.4 Å². The van der Waals surface area contributed by atoms with Gasteiger partial charge in [-0.1, -0.05) is 17.3 Å². The molecule has 1 unspecified atom stereocenters. The number of rotatable bonds is 3. The van der Waals surface area contributed by atoms with E-state index in [2.05, 4.69) is 26.2 Å². The van der Waals surface area contributed by atoms with Gasteiger partial charge in [-0.15, -0.1) is 5.10 Å². The van der Waals surface area contributed by atoms with Crippen molar-refractivity contribution in [2.45, 2.75) is 12.5 Å². The Morgan fingerprint density at radius 2 is 2.29 bits per heavy atom. The molecule has 2 aromatic rings. The molecule has 17 heavy (non-hydrogen) atoms. The van der Waals surface area contributed by atoms with Gasteiger partial charge in [-0.05, 0) is 27.6 Å². The Kier molecular flexibility index (Phi) is 3.54. The molecule has 1 atom stereocenters. The minimum atomic E-state index is -0.790. The fourth-order valence-electron chi connectivity index (χ4n) is 1.54. The first-order valence-electron chi connectivity index (χ1n) is 5.05. The molecule has 1 aromatic heterocycles. The Morgan fingerprint density at radius 3 is 2.94 bits per heavy atom. The SMILES string of the molecule is Cn1cc(C(O)Cc2cccc(F)c2Br)nn1.